The third-order valence-corrected chi connectivity index (χ3v) is 5.77. The first kappa shape index (κ1) is 15.1. The molecule has 1 amide bonds. The van der Waals surface area contributed by atoms with Crippen molar-refractivity contribution in [2.45, 2.75) is 26.2 Å². The van der Waals surface area contributed by atoms with Crippen LogP contribution in [0.25, 0.3) is 10.2 Å². The summed E-state index contributed by atoms with van der Waals surface area (Å²) in [4.78, 5) is 30.3. The molecule has 0 saturated heterocycles. The minimum Gasteiger partial charge on any atom is -0.321 e. The number of nitrogens with zero attached hydrogens (tertiary/aromatic N) is 2. The monoisotopic (exact) mass is 339 g/mol. The fraction of sp³-hybridized carbons (Fsp3) is 0.278. The van der Waals surface area contributed by atoms with Crippen LogP contribution in [0.15, 0.2) is 29.3 Å². The van der Waals surface area contributed by atoms with Crippen LogP contribution in [-0.4, -0.2) is 15.5 Å². The average Bonchev–Trinajstić information content (AvgIpc) is 3.15. The number of fused-ring (bicyclic) bond motifs is 2. The van der Waals surface area contributed by atoms with Gasteiger partial charge >= 0.3 is 0 Å². The molecule has 0 bridgehead atoms. The number of amides is 1. The Morgan fingerprint density at radius 3 is 2.92 bits per heavy atom. The largest absolute Gasteiger partial charge is 0.321 e. The van der Waals surface area contributed by atoms with Crippen LogP contribution in [0.1, 0.15) is 32.8 Å². The molecule has 0 aliphatic heterocycles. The van der Waals surface area contributed by atoms with Crippen molar-refractivity contribution in [2.75, 3.05) is 5.32 Å². The standard InChI is InChI=1S/C18H17N3O2S/c1-10-14-17(19-9-21(2)18(14)23)24-15(10)16(22)20-13-7-6-11-4-3-5-12(11)8-13/h6-9H,3-5H2,1-2H3,(H,20,22). The summed E-state index contributed by atoms with van der Waals surface area (Å²) >= 11 is 1.26. The van der Waals surface area contributed by atoms with Crippen molar-refractivity contribution in [3.05, 3.63) is 56.4 Å². The van der Waals surface area contributed by atoms with Crippen molar-refractivity contribution in [1.82, 2.24) is 9.55 Å². The lowest BCUT2D eigenvalue weighted by molar-refractivity contribution is 0.103. The molecule has 24 heavy (non-hydrogen) atoms. The Bertz CT molecular complexity index is 1030. The second-order valence-corrected chi connectivity index (χ2v) is 7.19. The van der Waals surface area contributed by atoms with Crippen LogP contribution in [0, 0.1) is 6.92 Å². The highest BCUT2D eigenvalue weighted by Crippen LogP contribution is 2.29. The van der Waals surface area contributed by atoms with Crippen molar-refractivity contribution in [3.63, 3.8) is 0 Å². The molecule has 0 atom stereocenters. The molecule has 1 aliphatic rings. The first-order chi connectivity index (χ1) is 11.5. The van der Waals surface area contributed by atoms with Crippen molar-refractivity contribution in [2.24, 2.45) is 7.05 Å². The van der Waals surface area contributed by atoms with E-state index in [2.05, 4.69) is 22.4 Å². The highest BCUT2D eigenvalue weighted by atomic mass is 32.1. The maximum absolute atomic E-state index is 12.7. The normalized spacial score (nSPS) is 13.2. The number of carbonyl (C=O) groups is 1. The van der Waals surface area contributed by atoms with Gasteiger partial charge in [-0.05, 0) is 55.0 Å². The molecule has 1 aliphatic carbocycles. The van der Waals surface area contributed by atoms with Crippen LogP contribution in [0.3, 0.4) is 0 Å². The van der Waals surface area contributed by atoms with Crippen molar-refractivity contribution >= 4 is 33.1 Å². The molecule has 5 nitrogen and oxygen atoms in total. The number of aromatic nitrogens is 2. The Morgan fingerprint density at radius 2 is 2.08 bits per heavy atom. The molecule has 0 fully saturated rings. The van der Waals surface area contributed by atoms with E-state index in [4.69, 9.17) is 0 Å². The number of benzene rings is 1. The number of hydrogen-bond acceptors (Lipinski definition) is 4. The van der Waals surface area contributed by atoms with Crippen LogP contribution >= 0.6 is 11.3 Å². The van der Waals surface area contributed by atoms with Crippen molar-refractivity contribution in [3.8, 4) is 0 Å². The molecular formula is C18H17N3O2S. The molecule has 6 heteroatoms. The fourth-order valence-electron chi connectivity index (χ4n) is 3.26. The summed E-state index contributed by atoms with van der Waals surface area (Å²) in [6.07, 6.45) is 4.86. The maximum atomic E-state index is 12.7. The minimum absolute atomic E-state index is 0.120. The minimum atomic E-state index is -0.185. The third kappa shape index (κ3) is 2.34. The molecule has 0 spiro atoms. The van der Waals surface area contributed by atoms with Gasteiger partial charge < -0.3 is 9.88 Å². The van der Waals surface area contributed by atoms with E-state index in [1.165, 1.54) is 39.8 Å². The molecule has 0 unspecified atom stereocenters. The molecule has 3 aromatic rings. The molecule has 0 saturated carbocycles. The predicted molar refractivity (Wildman–Crippen MR) is 96.0 cm³/mol. The van der Waals surface area contributed by atoms with Gasteiger partial charge in [0.25, 0.3) is 11.5 Å². The molecule has 1 N–H and O–H groups in total. The highest BCUT2D eigenvalue weighted by Gasteiger charge is 2.19. The number of anilines is 1. The number of rotatable bonds is 2. The summed E-state index contributed by atoms with van der Waals surface area (Å²) in [5, 5.41) is 3.49. The van der Waals surface area contributed by atoms with Gasteiger partial charge in [0.05, 0.1) is 16.6 Å². The molecule has 4 rings (SSSR count). The van der Waals surface area contributed by atoms with Gasteiger partial charge in [-0.2, -0.15) is 0 Å². The van der Waals surface area contributed by atoms with Crippen LogP contribution in [-0.2, 0) is 19.9 Å². The summed E-state index contributed by atoms with van der Waals surface area (Å²) in [7, 11) is 1.66. The number of carbonyl (C=O) groups excluding carboxylic acids is 1. The topological polar surface area (TPSA) is 64.0 Å². The molecule has 2 heterocycles. The van der Waals surface area contributed by atoms with E-state index in [9.17, 15) is 9.59 Å². The number of hydrogen-bond donors (Lipinski definition) is 1. The molecule has 1 aromatic carbocycles. The fourth-order valence-corrected chi connectivity index (χ4v) is 4.30. The van der Waals surface area contributed by atoms with E-state index in [1.807, 2.05) is 6.07 Å². The van der Waals surface area contributed by atoms with Gasteiger partial charge in [-0.1, -0.05) is 6.07 Å². The lowest BCUT2D eigenvalue weighted by Crippen LogP contribution is -2.17. The van der Waals surface area contributed by atoms with Crippen molar-refractivity contribution in [1.29, 1.82) is 0 Å². The maximum Gasteiger partial charge on any atom is 0.266 e. The van der Waals surface area contributed by atoms with Crippen LogP contribution in [0.2, 0.25) is 0 Å². The van der Waals surface area contributed by atoms with Gasteiger partial charge in [-0.25, -0.2) is 4.98 Å². The first-order valence-electron chi connectivity index (χ1n) is 7.92. The van der Waals surface area contributed by atoms with E-state index >= 15 is 0 Å². The van der Waals surface area contributed by atoms with Crippen LogP contribution in [0.4, 0.5) is 5.69 Å². The number of thiophene rings is 1. The molecule has 0 radical (unpaired) electrons. The summed E-state index contributed by atoms with van der Waals surface area (Å²) < 4.78 is 1.43. The zero-order valence-corrected chi connectivity index (χ0v) is 14.4. The zero-order valence-electron chi connectivity index (χ0n) is 13.5. The SMILES string of the molecule is Cc1c(C(=O)Nc2ccc3c(c2)CCC3)sc2ncn(C)c(=O)c12. The summed E-state index contributed by atoms with van der Waals surface area (Å²) in [5.41, 5.74) is 4.07. The number of nitrogens with one attached hydrogen (secondary N) is 1. The Hall–Kier alpha value is -2.47. The van der Waals surface area contributed by atoms with E-state index in [0.29, 0.717) is 20.7 Å². The quantitative estimate of drug-likeness (QED) is 0.780. The van der Waals surface area contributed by atoms with Crippen molar-refractivity contribution < 1.29 is 4.79 Å². The van der Waals surface area contributed by atoms with Gasteiger partial charge in [0.15, 0.2) is 0 Å². The molecule has 122 valence electrons. The van der Waals surface area contributed by atoms with Gasteiger partial charge in [-0.3, -0.25) is 9.59 Å². The second-order valence-electron chi connectivity index (χ2n) is 6.19. The Labute approximate surface area is 143 Å². The smallest absolute Gasteiger partial charge is 0.266 e. The van der Waals surface area contributed by atoms with E-state index in [0.717, 1.165) is 18.5 Å². The summed E-state index contributed by atoms with van der Waals surface area (Å²) in [6, 6.07) is 6.09. The molecular weight excluding hydrogens is 322 g/mol. The summed E-state index contributed by atoms with van der Waals surface area (Å²) in [6.45, 7) is 1.81. The Balaban J connectivity index is 1.70. The lowest BCUT2D eigenvalue weighted by Gasteiger charge is -2.07. The first-order valence-corrected chi connectivity index (χ1v) is 8.74. The van der Waals surface area contributed by atoms with Gasteiger partial charge in [-0.15, -0.1) is 11.3 Å². The zero-order chi connectivity index (χ0) is 16.8. The van der Waals surface area contributed by atoms with Crippen LogP contribution < -0.4 is 10.9 Å². The predicted octanol–water partition coefficient (Wildman–Crippen LogP) is 3.04. The average molecular weight is 339 g/mol. The highest BCUT2D eigenvalue weighted by molar-refractivity contribution is 7.20. The summed E-state index contributed by atoms with van der Waals surface area (Å²) in [5.74, 6) is -0.185. The lowest BCUT2D eigenvalue weighted by atomic mass is 10.1. The van der Waals surface area contributed by atoms with E-state index in [-0.39, 0.29) is 11.5 Å². The van der Waals surface area contributed by atoms with Gasteiger partial charge in [0.1, 0.15) is 4.83 Å². The Kier molecular flexibility index (Phi) is 3.49. The van der Waals surface area contributed by atoms with Gasteiger partial charge in [0.2, 0.25) is 0 Å². The Morgan fingerprint density at radius 1 is 1.29 bits per heavy atom. The van der Waals surface area contributed by atoms with Crippen LogP contribution in [0.5, 0.6) is 0 Å². The molecule has 2 aromatic heterocycles. The van der Waals surface area contributed by atoms with E-state index < -0.39 is 0 Å². The number of aryl methyl sites for hydroxylation is 4. The third-order valence-electron chi connectivity index (χ3n) is 4.57. The van der Waals surface area contributed by atoms with E-state index in [1.54, 1.807) is 14.0 Å². The van der Waals surface area contributed by atoms with Gasteiger partial charge in [0, 0.05) is 12.7 Å². The second kappa shape index (κ2) is 5.56.